The number of nitrogens with zero attached hydrogens (tertiary/aromatic N) is 1. The molecule has 0 saturated heterocycles. The van der Waals surface area contributed by atoms with Crippen LogP contribution in [0, 0.1) is 0 Å². The van der Waals surface area contributed by atoms with Crippen molar-refractivity contribution in [3.05, 3.63) is 35.1 Å². The van der Waals surface area contributed by atoms with Crippen LogP contribution in [-0.2, 0) is 9.59 Å². The Kier molecular flexibility index (Phi) is 4.65. The molecule has 1 atom stereocenters. The number of hydrogen-bond acceptors (Lipinski definition) is 5. The van der Waals surface area contributed by atoms with E-state index in [1.807, 2.05) is 5.32 Å². The number of aromatic hydroxyl groups is 1. The van der Waals surface area contributed by atoms with E-state index < -0.39 is 41.8 Å². The van der Waals surface area contributed by atoms with Crippen LogP contribution in [0.25, 0.3) is 10.8 Å². The van der Waals surface area contributed by atoms with Gasteiger partial charge >= 0.3 is 11.9 Å². The summed E-state index contributed by atoms with van der Waals surface area (Å²) >= 11 is 5.95. The van der Waals surface area contributed by atoms with Crippen molar-refractivity contribution in [1.82, 2.24) is 10.3 Å². The predicted molar refractivity (Wildman–Crippen MR) is 79.6 cm³/mol. The molecule has 0 radical (unpaired) electrons. The molecule has 0 spiro atoms. The summed E-state index contributed by atoms with van der Waals surface area (Å²) in [5, 5.41) is 30.3. The topological polar surface area (TPSA) is 137 Å². The second-order valence-electron chi connectivity index (χ2n) is 4.61. The van der Waals surface area contributed by atoms with Crippen molar-refractivity contribution in [3.8, 4) is 5.75 Å². The summed E-state index contributed by atoms with van der Waals surface area (Å²) in [5.41, 5.74) is -0.481. The van der Waals surface area contributed by atoms with Crippen molar-refractivity contribution < 1.29 is 29.7 Å². The van der Waals surface area contributed by atoms with Gasteiger partial charge in [-0.1, -0.05) is 35.9 Å². The fourth-order valence-electron chi connectivity index (χ4n) is 1.97. The Balaban J connectivity index is 2.39. The Labute approximate surface area is 134 Å². The highest BCUT2D eigenvalue weighted by Crippen LogP contribution is 2.31. The standard InChI is InChI=1S/C14H11ClN2O6/c15-12-7-4-2-1-3-6(7)11(20)10(17-12)13(21)16-8(14(22)23)5-9(18)19/h1-4,8,20H,5H2,(H,16,21)(H,18,19)(H,22,23)/t8-/m1/s1. The van der Waals surface area contributed by atoms with Gasteiger partial charge in [0.15, 0.2) is 11.4 Å². The molecule has 1 heterocycles. The summed E-state index contributed by atoms with van der Waals surface area (Å²) in [7, 11) is 0. The zero-order chi connectivity index (χ0) is 17.1. The van der Waals surface area contributed by atoms with Gasteiger partial charge in [-0.3, -0.25) is 9.59 Å². The molecule has 2 rings (SSSR count). The molecular weight excluding hydrogens is 328 g/mol. The lowest BCUT2D eigenvalue weighted by Crippen LogP contribution is -2.42. The van der Waals surface area contributed by atoms with Crippen molar-refractivity contribution in [2.45, 2.75) is 12.5 Å². The van der Waals surface area contributed by atoms with Crippen LogP contribution >= 0.6 is 11.6 Å². The molecule has 23 heavy (non-hydrogen) atoms. The molecule has 0 aliphatic heterocycles. The highest BCUT2D eigenvalue weighted by molar-refractivity contribution is 6.34. The minimum atomic E-state index is -1.66. The van der Waals surface area contributed by atoms with E-state index >= 15 is 0 Å². The lowest BCUT2D eigenvalue weighted by atomic mass is 10.1. The van der Waals surface area contributed by atoms with Crippen LogP contribution in [-0.4, -0.2) is 44.2 Å². The number of aromatic nitrogens is 1. The first-order chi connectivity index (χ1) is 10.8. The molecule has 8 nitrogen and oxygen atoms in total. The molecule has 0 unspecified atom stereocenters. The third kappa shape index (κ3) is 3.49. The quantitative estimate of drug-likeness (QED) is 0.602. The van der Waals surface area contributed by atoms with Crippen molar-refractivity contribution in [2.75, 3.05) is 0 Å². The summed E-state index contributed by atoms with van der Waals surface area (Å²) in [6, 6.07) is 4.73. The van der Waals surface area contributed by atoms with Gasteiger partial charge in [0, 0.05) is 10.8 Å². The van der Waals surface area contributed by atoms with Crippen LogP contribution in [0.1, 0.15) is 16.9 Å². The van der Waals surface area contributed by atoms with E-state index in [2.05, 4.69) is 4.98 Å². The number of pyridine rings is 1. The number of carboxylic acid groups (broad SMARTS) is 2. The molecule has 2 aromatic rings. The number of benzene rings is 1. The van der Waals surface area contributed by atoms with Gasteiger partial charge in [0.05, 0.1) is 6.42 Å². The van der Waals surface area contributed by atoms with Gasteiger partial charge in [-0.15, -0.1) is 0 Å². The van der Waals surface area contributed by atoms with Gasteiger partial charge in [0.25, 0.3) is 5.91 Å². The highest BCUT2D eigenvalue weighted by atomic mass is 35.5. The number of fused-ring (bicyclic) bond motifs is 1. The normalized spacial score (nSPS) is 11.9. The van der Waals surface area contributed by atoms with Gasteiger partial charge < -0.3 is 20.6 Å². The molecule has 0 aliphatic rings. The molecule has 1 aromatic heterocycles. The zero-order valence-corrected chi connectivity index (χ0v) is 12.2. The Morgan fingerprint density at radius 1 is 1.17 bits per heavy atom. The summed E-state index contributed by atoms with van der Waals surface area (Å²) < 4.78 is 0. The lowest BCUT2D eigenvalue weighted by molar-refractivity contribution is -0.145. The number of rotatable bonds is 5. The highest BCUT2D eigenvalue weighted by Gasteiger charge is 2.26. The summed E-state index contributed by atoms with van der Waals surface area (Å²) in [5.74, 6) is -4.43. The Morgan fingerprint density at radius 2 is 1.78 bits per heavy atom. The van der Waals surface area contributed by atoms with Crippen LogP contribution < -0.4 is 5.32 Å². The summed E-state index contributed by atoms with van der Waals surface area (Å²) in [6.45, 7) is 0. The lowest BCUT2D eigenvalue weighted by Gasteiger charge is -2.13. The first-order valence-corrected chi connectivity index (χ1v) is 6.71. The number of aliphatic carboxylic acids is 2. The molecule has 0 saturated carbocycles. The van der Waals surface area contributed by atoms with E-state index in [1.165, 1.54) is 6.07 Å². The second kappa shape index (κ2) is 6.49. The Hall–Kier alpha value is -2.87. The first-order valence-electron chi connectivity index (χ1n) is 6.34. The zero-order valence-electron chi connectivity index (χ0n) is 11.5. The van der Waals surface area contributed by atoms with Crippen LogP contribution in [0.4, 0.5) is 0 Å². The minimum Gasteiger partial charge on any atom is -0.505 e. The number of carbonyl (C=O) groups is 3. The summed E-state index contributed by atoms with van der Waals surface area (Å²) in [4.78, 5) is 37.5. The fourth-order valence-corrected chi connectivity index (χ4v) is 2.22. The number of carboxylic acids is 2. The molecular formula is C14H11ClN2O6. The maximum Gasteiger partial charge on any atom is 0.326 e. The van der Waals surface area contributed by atoms with Crippen molar-refractivity contribution in [3.63, 3.8) is 0 Å². The third-order valence-electron chi connectivity index (χ3n) is 3.04. The van der Waals surface area contributed by atoms with Crippen molar-refractivity contribution in [2.24, 2.45) is 0 Å². The van der Waals surface area contributed by atoms with E-state index in [4.69, 9.17) is 21.8 Å². The molecule has 0 aliphatic carbocycles. The molecule has 120 valence electrons. The van der Waals surface area contributed by atoms with Gasteiger partial charge in [0.1, 0.15) is 11.2 Å². The minimum absolute atomic E-state index is 0.0475. The largest absolute Gasteiger partial charge is 0.505 e. The van der Waals surface area contributed by atoms with Crippen LogP contribution in [0.5, 0.6) is 5.75 Å². The molecule has 1 amide bonds. The Morgan fingerprint density at radius 3 is 2.35 bits per heavy atom. The predicted octanol–water partition coefficient (Wildman–Crippen LogP) is 1.25. The van der Waals surface area contributed by atoms with Crippen LogP contribution in [0.2, 0.25) is 5.15 Å². The smallest absolute Gasteiger partial charge is 0.326 e. The van der Waals surface area contributed by atoms with Gasteiger partial charge in [-0.25, -0.2) is 9.78 Å². The average molecular weight is 339 g/mol. The molecule has 9 heteroatoms. The SMILES string of the molecule is O=C(O)C[C@@H](NC(=O)c1nc(Cl)c2ccccc2c1O)C(=O)O. The number of amides is 1. The van der Waals surface area contributed by atoms with E-state index in [9.17, 15) is 19.5 Å². The van der Waals surface area contributed by atoms with Gasteiger partial charge in [-0.05, 0) is 0 Å². The number of halogens is 1. The van der Waals surface area contributed by atoms with E-state index in [0.717, 1.165) is 0 Å². The second-order valence-corrected chi connectivity index (χ2v) is 4.97. The van der Waals surface area contributed by atoms with E-state index in [-0.39, 0.29) is 10.5 Å². The third-order valence-corrected chi connectivity index (χ3v) is 3.32. The molecule has 0 fully saturated rings. The van der Waals surface area contributed by atoms with E-state index in [1.54, 1.807) is 18.2 Å². The van der Waals surface area contributed by atoms with Crippen molar-refractivity contribution >= 4 is 40.2 Å². The van der Waals surface area contributed by atoms with Crippen LogP contribution in [0.3, 0.4) is 0 Å². The molecule has 0 bridgehead atoms. The first kappa shape index (κ1) is 16.5. The maximum absolute atomic E-state index is 12.1. The van der Waals surface area contributed by atoms with Gasteiger partial charge in [-0.2, -0.15) is 0 Å². The Bertz CT molecular complexity index is 807. The summed E-state index contributed by atoms with van der Waals surface area (Å²) in [6.07, 6.45) is -0.816. The number of nitrogens with one attached hydrogen (secondary N) is 1. The average Bonchev–Trinajstić information content (AvgIpc) is 2.49. The molecule has 4 N–H and O–H groups in total. The van der Waals surface area contributed by atoms with Gasteiger partial charge in [0.2, 0.25) is 0 Å². The molecule has 1 aromatic carbocycles. The number of hydrogen-bond donors (Lipinski definition) is 4. The maximum atomic E-state index is 12.1. The fraction of sp³-hybridized carbons (Fsp3) is 0.143. The monoisotopic (exact) mass is 338 g/mol. The van der Waals surface area contributed by atoms with Crippen LogP contribution in [0.15, 0.2) is 24.3 Å². The van der Waals surface area contributed by atoms with Crippen molar-refractivity contribution in [1.29, 1.82) is 0 Å². The van der Waals surface area contributed by atoms with E-state index in [0.29, 0.717) is 5.39 Å². The number of carbonyl (C=O) groups excluding carboxylic acids is 1.